The Morgan fingerprint density at radius 2 is 1.67 bits per heavy atom. The summed E-state index contributed by atoms with van der Waals surface area (Å²) in [5.41, 5.74) is 3.25. The number of allylic oxidation sites excluding steroid dienone is 2. The van der Waals surface area contributed by atoms with Gasteiger partial charge >= 0.3 is 5.97 Å². The van der Waals surface area contributed by atoms with Crippen LogP contribution in [-0.2, 0) is 9.53 Å². The number of aliphatic hydroxyl groups excluding tert-OH is 1. The zero-order valence-corrected chi connectivity index (χ0v) is 24.7. The van der Waals surface area contributed by atoms with Gasteiger partial charge in [0.15, 0.2) is 0 Å². The Morgan fingerprint density at radius 1 is 1.00 bits per heavy atom. The molecule has 0 radical (unpaired) electrons. The molecule has 0 amide bonds. The number of rotatable bonds is 6. The fourth-order valence-electron chi connectivity index (χ4n) is 10.0. The maximum atomic E-state index is 11.8. The first-order valence-electron chi connectivity index (χ1n) is 14.8. The standard InChI is InChI=1S/C32H54O4/c1-20(10-13-26(34)29(5,6)35)22-14-18-32(9)24-11-12-25-28(3,4)27(36-21(2)33)16-17-30(25,7)23(24)15-19-31(22,32)8/h20,22,25-27,34-35H,10-19H2,1-9H3/t20-,22-,25+,26?,27+,30-,31-,32+/m1/s1. The Hall–Kier alpha value is -0.870. The average molecular weight is 503 g/mol. The summed E-state index contributed by atoms with van der Waals surface area (Å²) in [7, 11) is 0. The lowest BCUT2D eigenvalue weighted by molar-refractivity contribution is -0.167. The highest BCUT2D eigenvalue weighted by Gasteiger charge is 2.63. The smallest absolute Gasteiger partial charge is 0.302 e. The van der Waals surface area contributed by atoms with Gasteiger partial charge < -0.3 is 14.9 Å². The van der Waals surface area contributed by atoms with Crippen molar-refractivity contribution in [3.8, 4) is 0 Å². The van der Waals surface area contributed by atoms with Crippen LogP contribution in [0.5, 0.6) is 0 Å². The molecular formula is C32H54O4. The van der Waals surface area contributed by atoms with Crippen LogP contribution < -0.4 is 0 Å². The summed E-state index contributed by atoms with van der Waals surface area (Å²) in [5.74, 6) is 1.61. The fraction of sp³-hybridized carbons (Fsp3) is 0.906. The number of esters is 1. The molecule has 2 fully saturated rings. The van der Waals surface area contributed by atoms with E-state index in [1.165, 1.54) is 38.5 Å². The molecule has 0 heterocycles. The second-order valence-corrected chi connectivity index (χ2v) is 15.0. The van der Waals surface area contributed by atoms with Gasteiger partial charge in [0.2, 0.25) is 0 Å². The summed E-state index contributed by atoms with van der Waals surface area (Å²) in [6.07, 6.45) is 10.5. The number of hydrogen-bond donors (Lipinski definition) is 2. The molecule has 2 N–H and O–H groups in total. The van der Waals surface area contributed by atoms with Gasteiger partial charge in [0.05, 0.1) is 11.7 Å². The third-order valence-corrected chi connectivity index (χ3v) is 12.5. The third-order valence-electron chi connectivity index (χ3n) is 12.5. The van der Waals surface area contributed by atoms with E-state index in [0.717, 1.165) is 19.3 Å². The summed E-state index contributed by atoms with van der Waals surface area (Å²) in [5, 5.41) is 20.6. The van der Waals surface area contributed by atoms with Gasteiger partial charge in [-0.1, -0.05) is 52.7 Å². The predicted octanol–water partition coefficient (Wildman–Crippen LogP) is 7.22. The highest BCUT2D eigenvalue weighted by molar-refractivity contribution is 5.66. The monoisotopic (exact) mass is 502 g/mol. The van der Waals surface area contributed by atoms with Gasteiger partial charge in [0, 0.05) is 12.3 Å². The molecule has 1 unspecified atom stereocenters. The minimum Gasteiger partial charge on any atom is -0.462 e. The second-order valence-electron chi connectivity index (χ2n) is 15.0. The molecule has 4 aliphatic rings. The Labute approximate surface area is 220 Å². The molecule has 0 aromatic heterocycles. The van der Waals surface area contributed by atoms with E-state index in [-0.39, 0.29) is 28.3 Å². The van der Waals surface area contributed by atoms with Crippen molar-refractivity contribution in [2.75, 3.05) is 0 Å². The topological polar surface area (TPSA) is 66.8 Å². The largest absolute Gasteiger partial charge is 0.462 e. The van der Waals surface area contributed by atoms with E-state index in [9.17, 15) is 15.0 Å². The molecule has 0 aromatic carbocycles. The van der Waals surface area contributed by atoms with Gasteiger partial charge in [-0.05, 0) is 112 Å². The first-order chi connectivity index (χ1) is 16.5. The molecule has 0 spiro atoms. The van der Waals surface area contributed by atoms with Crippen molar-refractivity contribution < 1.29 is 19.7 Å². The lowest BCUT2D eigenvalue weighted by atomic mass is 9.43. The van der Waals surface area contributed by atoms with E-state index < -0.39 is 11.7 Å². The lowest BCUT2D eigenvalue weighted by Gasteiger charge is -2.62. The van der Waals surface area contributed by atoms with Crippen LogP contribution in [0.1, 0.15) is 127 Å². The normalized spacial score (nSPS) is 41.7. The minimum atomic E-state index is -1.03. The van der Waals surface area contributed by atoms with Gasteiger partial charge in [0.1, 0.15) is 6.10 Å². The molecular weight excluding hydrogens is 448 g/mol. The summed E-state index contributed by atoms with van der Waals surface area (Å²) in [6.45, 7) is 19.8. The van der Waals surface area contributed by atoms with Crippen molar-refractivity contribution in [1.82, 2.24) is 0 Å². The van der Waals surface area contributed by atoms with E-state index in [1.807, 2.05) is 0 Å². The maximum Gasteiger partial charge on any atom is 0.302 e. The summed E-state index contributed by atoms with van der Waals surface area (Å²) in [4.78, 5) is 11.8. The molecule has 206 valence electrons. The molecule has 0 bridgehead atoms. The molecule has 0 aromatic rings. The molecule has 0 aliphatic heterocycles. The summed E-state index contributed by atoms with van der Waals surface area (Å²) >= 11 is 0. The van der Waals surface area contributed by atoms with E-state index in [0.29, 0.717) is 29.6 Å². The molecule has 4 heteroatoms. The number of ether oxygens (including phenoxy) is 1. The molecule has 4 aliphatic carbocycles. The van der Waals surface area contributed by atoms with Gasteiger partial charge in [-0.15, -0.1) is 0 Å². The van der Waals surface area contributed by atoms with Crippen LogP contribution in [0.25, 0.3) is 0 Å². The van der Waals surface area contributed by atoms with Crippen LogP contribution in [-0.4, -0.2) is 34.0 Å². The molecule has 36 heavy (non-hydrogen) atoms. The molecule has 2 saturated carbocycles. The van der Waals surface area contributed by atoms with E-state index in [2.05, 4.69) is 41.5 Å². The van der Waals surface area contributed by atoms with Crippen molar-refractivity contribution in [3.63, 3.8) is 0 Å². The van der Waals surface area contributed by atoms with Crippen molar-refractivity contribution in [2.45, 2.75) is 144 Å². The Kier molecular flexibility index (Phi) is 7.12. The SMILES string of the molecule is CC(=O)O[C@H]1CC[C@]2(C)C3=C(CC[C@H]2C1(C)C)[C@]1(C)CC[C@H]([C@H](C)CCC(O)C(C)(C)O)[C@@]1(C)CC3. The Bertz CT molecular complexity index is 896. The summed E-state index contributed by atoms with van der Waals surface area (Å²) in [6, 6.07) is 0. The molecule has 4 rings (SSSR count). The number of aliphatic hydroxyl groups is 2. The highest BCUT2D eigenvalue weighted by atomic mass is 16.5. The van der Waals surface area contributed by atoms with Crippen molar-refractivity contribution in [2.24, 2.45) is 39.4 Å². The van der Waals surface area contributed by atoms with E-state index in [4.69, 9.17) is 4.74 Å². The van der Waals surface area contributed by atoms with Crippen LogP contribution in [0.15, 0.2) is 11.1 Å². The van der Waals surface area contributed by atoms with E-state index >= 15 is 0 Å². The molecule has 8 atom stereocenters. The van der Waals surface area contributed by atoms with Crippen molar-refractivity contribution in [3.05, 3.63) is 11.1 Å². The van der Waals surface area contributed by atoms with Gasteiger partial charge in [0.25, 0.3) is 0 Å². The van der Waals surface area contributed by atoms with Crippen molar-refractivity contribution >= 4 is 5.97 Å². The molecule has 4 nitrogen and oxygen atoms in total. The fourth-order valence-corrected chi connectivity index (χ4v) is 10.0. The number of carbonyl (C=O) groups is 1. The van der Waals surface area contributed by atoms with E-state index in [1.54, 1.807) is 31.9 Å². The van der Waals surface area contributed by atoms with Crippen LogP contribution in [0.4, 0.5) is 0 Å². The first kappa shape index (κ1) is 28.1. The third kappa shape index (κ3) is 4.21. The highest BCUT2D eigenvalue weighted by Crippen LogP contribution is 2.72. The van der Waals surface area contributed by atoms with Gasteiger partial charge in [-0.25, -0.2) is 0 Å². The average Bonchev–Trinajstić information content (AvgIpc) is 3.04. The van der Waals surface area contributed by atoms with Crippen molar-refractivity contribution in [1.29, 1.82) is 0 Å². The minimum absolute atomic E-state index is 0.00704. The zero-order chi connectivity index (χ0) is 26.9. The number of hydrogen-bond acceptors (Lipinski definition) is 4. The van der Waals surface area contributed by atoms with Crippen LogP contribution in [0, 0.1) is 39.4 Å². The van der Waals surface area contributed by atoms with Crippen LogP contribution in [0.2, 0.25) is 0 Å². The quantitative estimate of drug-likeness (QED) is 0.297. The Balaban J connectivity index is 1.59. The number of carbonyl (C=O) groups excluding carboxylic acids is 1. The van der Waals surface area contributed by atoms with Crippen LogP contribution >= 0.6 is 0 Å². The van der Waals surface area contributed by atoms with Gasteiger partial charge in [-0.2, -0.15) is 0 Å². The van der Waals surface area contributed by atoms with Gasteiger partial charge in [-0.3, -0.25) is 4.79 Å². The van der Waals surface area contributed by atoms with Crippen LogP contribution in [0.3, 0.4) is 0 Å². The zero-order valence-electron chi connectivity index (χ0n) is 24.7. The maximum absolute atomic E-state index is 11.8. The lowest BCUT2D eigenvalue weighted by Crippen LogP contribution is -2.55. The number of fused-ring (bicyclic) bond motifs is 4. The summed E-state index contributed by atoms with van der Waals surface area (Å²) < 4.78 is 5.85. The predicted molar refractivity (Wildman–Crippen MR) is 145 cm³/mol. The molecule has 0 saturated heterocycles. The first-order valence-corrected chi connectivity index (χ1v) is 14.8. The Morgan fingerprint density at radius 3 is 2.28 bits per heavy atom. The second kappa shape index (κ2) is 9.11.